The van der Waals surface area contributed by atoms with Crippen LogP contribution in [0, 0.1) is 5.82 Å². The van der Waals surface area contributed by atoms with Crippen molar-refractivity contribution in [3.63, 3.8) is 0 Å². The van der Waals surface area contributed by atoms with Crippen molar-refractivity contribution in [3.8, 4) is 11.5 Å². The summed E-state index contributed by atoms with van der Waals surface area (Å²) in [6, 6.07) is 21.2. The minimum absolute atomic E-state index is 0.213. The molecule has 3 N–H and O–H groups in total. The number of methoxy groups -OCH3 is 1. The standard InChI is InChI=1S/C23H21FN2O2/c1-28-18-12-8-15(9-13-18)20-14-21(19-4-2-3-5-22(19)27)26-23(25-20)16-6-10-17(24)11-7-16/h2-14,21,23,25-27H,1H3. The molecule has 0 saturated heterocycles. The van der Waals surface area contributed by atoms with Gasteiger partial charge in [0, 0.05) is 11.3 Å². The summed E-state index contributed by atoms with van der Waals surface area (Å²) in [5.41, 5.74) is 3.60. The minimum atomic E-state index is -0.275. The van der Waals surface area contributed by atoms with Gasteiger partial charge >= 0.3 is 0 Å². The second kappa shape index (κ2) is 7.74. The summed E-state index contributed by atoms with van der Waals surface area (Å²) >= 11 is 0. The molecule has 0 radical (unpaired) electrons. The summed E-state index contributed by atoms with van der Waals surface area (Å²) in [4.78, 5) is 0. The molecule has 1 heterocycles. The average molecular weight is 376 g/mol. The Bertz CT molecular complexity index is 984. The molecule has 0 bridgehead atoms. The van der Waals surface area contributed by atoms with Crippen molar-refractivity contribution in [1.82, 2.24) is 10.6 Å². The van der Waals surface area contributed by atoms with Gasteiger partial charge < -0.3 is 15.2 Å². The van der Waals surface area contributed by atoms with Crippen molar-refractivity contribution in [2.75, 3.05) is 7.11 Å². The molecule has 5 heteroatoms. The first-order valence-electron chi connectivity index (χ1n) is 9.06. The summed E-state index contributed by atoms with van der Waals surface area (Å²) in [7, 11) is 1.63. The van der Waals surface area contributed by atoms with Crippen LogP contribution in [-0.4, -0.2) is 12.2 Å². The molecule has 0 aromatic heterocycles. The van der Waals surface area contributed by atoms with Gasteiger partial charge in [-0.2, -0.15) is 0 Å². The molecular formula is C23H21FN2O2. The van der Waals surface area contributed by atoms with Gasteiger partial charge in [-0.3, -0.25) is 5.32 Å². The van der Waals surface area contributed by atoms with E-state index in [2.05, 4.69) is 10.6 Å². The van der Waals surface area contributed by atoms with E-state index in [0.717, 1.165) is 28.1 Å². The first-order valence-corrected chi connectivity index (χ1v) is 9.06. The third-order valence-corrected chi connectivity index (χ3v) is 4.86. The zero-order valence-corrected chi connectivity index (χ0v) is 15.4. The molecule has 4 nitrogen and oxygen atoms in total. The molecule has 1 aliphatic rings. The number of hydrogen-bond acceptors (Lipinski definition) is 4. The lowest BCUT2D eigenvalue weighted by Gasteiger charge is -2.33. The molecule has 3 aromatic carbocycles. The molecular weight excluding hydrogens is 355 g/mol. The lowest BCUT2D eigenvalue weighted by atomic mass is 9.98. The SMILES string of the molecule is COc1ccc(C2=CC(c3ccccc3O)NC(c3ccc(F)cc3)N2)cc1. The normalized spacial score (nSPS) is 18.9. The van der Waals surface area contributed by atoms with Crippen LogP contribution in [0.1, 0.15) is 28.9 Å². The highest BCUT2D eigenvalue weighted by Gasteiger charge is 2.25. The van der Waals surface area contributed by atoms with E-state index in [9.17, 15) is 9.50 Å². The molecule has 1 aliphatic heterocycles. The fourth-order valence-corrected chi connectivity index (χ4v) is 3.35. The zero-order chi connectivity index (χ0) is 19.5. The summed E-state index contributed by atoms with van der Waals surface area (Å²) in [6.45, 7) is 0. The zero-order valence-electron chi connectivity index (χ0n) is 15.4. The summed E-state index contributed by atoms with van der Waals surface area (Å²) in [6.07, 6.45) is 1.80. The van der Waals surface area contributed by atoms with E-state index < -0.39 is 0 Å². The third kappa shape index (κ3) is 3.70. The lowest BCUT2D eigenvalue weighted by Crippen LogP contribution is -2.39. The van der Waals surface area contributed by atoms with Crippen LogP contribution in [0.4, 0.5) is 4.39 Å². The molecule has 4 rings (SSSR count). The Morgan fingerprint density at radius 1 is 0.929 bits per heavy atom. The Kier molecular flexibility index (Phi) is 5.00. The smallest absolute Gasteiger partial charge is 0.123 e. The molecule has 0 fully saturated rings. The third-order valence-electron chi connectivity index (χ3n) is 4.86. The van der Waals surface area contributed by atoms with E-state index in [1.54, 1.807) is 31.4 Å². The van der Waals surface area contributed by atoms with Gasteiger partial charge in [0.25, 0.3) is 0 Å². The predicted octanol–water partition coefficient (Wildman–Crippen LogP) is 4.51. The predicted molar refractivity (Wildman–Crippen MR) is 107 cm³/mol. The summed E-state index contributed by atoms with van der Waals surface area (Å²) in [5, 5.41) is 17.3. The van der Waals surface area contributed by atoms with Crippen LogP contribution in [0.3, 0.4) is 0 Å². The number of para-hydroxylation sites is 1. The van der Waals surface area contributed by atoms with Crippen LogP contribution in [0.5, 0.6) is 11.5 Å². The Labute approximate surface area is 163 Å². The number of hydrogen-bond donors (Lipinski definition) is 3. The molecule has 0 amide bonds. The second-order valence-corrected chi connectivity index (χ2v) is 6.64. The van der Waals surface area contributed by atoms with E-state index in [0.29, 0.717) is 0 Å². The van der Waals surface area contributed by atoms with E-state index in [-0.39, 0.29) is 23.8 Å². The van der Waals surface area contributed by atoms with Gasteiger partial charge in [-0.25, -0.2) is 4.39 Å². The Balaban J connectivity index is 1.73. The quantitative estimate of drug-likeness (QED) is 0.627. The molecule has 3 aromatic rings. The topological polar surface area (TPSA) is 53.5 Å². The second-order valence-electron chi connectivity index (χ2n) is 6.64. The van der Waals surface area contributed by atoms with Gasteiger partial charge in [0.2, 0.25) is 0 Å². The van der Waals surface area contributed by atoms with Crippen molar-refractivity contribution < 1.29 is 14.2 Å². The fourth-order valence-electron chi connectivity index (χ4n) is 3.35. The van der Waals surface area contributed by atoms with Crippen molar-refractivity contribution in [2.24, 2.45) is 0 Å². The maximum absolute atomic E-state index is 13.4. The van der Waals surface area contributed by atoms with Crippen LogP contribution in [0.2, 0.25) is 0 Å². The van der Waals surface area contributed by atoms with Crippen LogP contribution in [-0.2, 0) is 0 Å². The number of rotatable bonds is 4. The number of halogens is 1. The van der Waals surface area contributed by atoms with Crippen molar-refractivity contribution in [3.05, 3.63) is 101 Å². The Hall–Kier alpha value is -3.31. The first kappa shape index (κ1) is 18.1. The van der Waals surface area contributed by atoms with Crippen molar-refractivity contribution in [1.29, 1.82) is 0 Å². The summed E-state index contributed by atoms with van der Waals surface area (Å²) < 4.78 is 18.6. The Morgan fingerprint density at radius 3 is 2.32 bits per heavy atom. The molecule has 142 valence electrons. The van der Waals surface area contributed by atoms with Gasteiger partial charge in [-0.1, -0.05) is 30.3 Å². The Morgan fingerprint density at radius 2 is 1.64 bits per heavy atom. The van der Waals surface area contributed by atoms with Crippen LogP contribution >= 0.6 is 0 Å². The first-order chi connectivity index (χ1) is 13.6. The van der Waals surface area contributed by atoms with Crippen LogP contribution in [0.15, 0.2) is 78.9 Å². The number of aromatic hydroxyl groups is 1. The number of ether oxygens (including phenoxy) is 1. The van der Waals surface area contributed by atoms with Gasteiger partial charge in [0.15, 0.2) is 0 Å². The number of phenolic OH excluding ortho intramolecular Hbond substituents is 1. The molecule has 2 atom stereocenters. The number of phenols is 1. The molecule has 2 unspecified atom stereocenters. The lowest BCUT2D eigenvalue weighted by molar-refractivity contribution is 0.414. The van der Waals surface area contributed by atoms with Crippen molar-refractivity contribution >= 4 is 5.70 Å². The largest absolute Gasteiger partial charge is 0.508 e. The summed E-state index contributed by atoms with van der Waals surface area (Å²) in [5.74, 6) is 0.735. The number of nitrogens with one attached hydrogen (secondary N) is 2. The fraction of sp³-hybridized carbons (Fsp3) is 0.130. The van der Waals surface area contributed by atoms with Gasteiger partial charge in [0.05, 0.1) is 13.2 Å². The molecule has 0 aliphatic carbocycles. The molecule has 0 saturated carbocycles. The monoisotopic (exact) mass is 376 g/mol. The molecule has 0 spiro atoms. The van der Waals surface area contributed by atoms with Crippen molar-refractivity contribution in [2.45, 2.75) is 12.2 Å². The van der Waals surface area contributed by atoms with E-state index in [1.807, 2.05) is 42.5 Å². The average Bonchev–Trinajstić information content (AvgIpc) is 2.74. The van der Waals surface area contributed by atoms with Gasteiger partial charge in [0.1, 0.15) is 23.5 Å². The molecule has 28 heavy (non-hydrogen) atoms. The van der Waals surface area contributed by atoms with Gasteiger partial charge in [-0.05, 0) is 59.7 Å². The maximum Gasteiger partial charge on any atom is 0.123 e. The highest BCUT2D eigenvalue weighted by Crippen LogP contribution is 2.33. The van der Waals surface area contributed by atoms with E-state index in [4.69, 9.17) is 4.74 Å². The highest BCUT2D eigenvalue weighted by molar-refractivity contribution is 5.67. The van der Waals surface area contributed by atoms with E-state index in [1.165, 1.54) is 12.1 Å². The highest BCUT2D eigenvalue weighted by atomic mass is 19.1. The van der Waals surface area contributed by atoms with Gasteiger partial charge in [-0.15, -0.1) is 0 Å². The van der Waals surface area contributed by atoms with Crippen LogP contribution < -0.4 is 15.4 Å². The van der Waals surface area contributed by atoms with E-state index >= 15 is 0 Å². The maximum atomic E-state index is 13.4. The van der Waals surface area contributed by atoms with Crippen LogP contribution in [0.25, 0.3) is 5.70 Å². The number of benzene rings is 3. The minimum Gasteiger partial charge on any atom is -0.508 e.